The Bertz CT molecular complexity index is 698. The van der Waals surface area contributed by atoms with Gasteiger partial charge in [-0.25, -0.2) is 0 Å². The fraction of sp³-hybridized carbons (Fsp3) is 0.263. The minimum atomic E-state index is 0.00301. The number of ether oxygens (including phenoxy) is 2. The summed E-state index contributed by atoms with van der Waals surface area (Å²) >= 11 is 0. The van der Waals surface area contributed by atoms with E-state index in [9.17, 15) is 9.59 Å². The molecule has 0 aliphatic heterocycles. The Morgan fingerprint density at radius 2 is 1.75 bits per heavy atom. The third-order valence-electron chi connectivity index (χ3n) is 3.74. The number of ketones is 1. The van der Waals surface area contributed by atoms with Crippen LogP contribution >= 0.6 is 0 Å². The van der Waals surface area contributed by atoms with Crippen molar-refractivity contribution in [1.29, 1.82) is 0 Å². The number of hydrogen-bond acceptors (Lipinski definition) is 4. The summed E-state index contributed by atoms with van der Waals surface area (Å²) in [7, 11) is 3.09. The molecule has 0 saturated heterocycles. The van der Waals surface area contributed by atoms with Crippen molar-refractivity contribution in [1.82, 2.24) is 5.32 Å². The molecule has 24 heavy (non-hydrogen) atoms. The first-order valence-corrected chi connectivity index (χ1v) is 7.68. The molecule has 5 heteroatoms. The van der Waals surface area contributed by atoms with Gasteiger partial charge in [0.25, 0.3) is 0 Å². The maximum absolute atomic E-state index is 12.7. The molecule has 0 saturated carbocycles. The van der Waals surface area contributed by atoms with E-state index < -0.39 is 0 Å². The van der Waals surface area contributed by atoms with Crippen LogP contribution in [0.4, 0.5) is 0 Å². The Hall–Kier alpha value is -2.82. The number of carbonyl (C=O) groups is 2. The quantitative estimate of drug-likeness (QED) is 0.436. The molecule has 0 aliphatic carbocycles. The minimum Gasteiger partial charge on any atom is -0.493 e. The molecule has 0 spiro atoms. The van der Waals surface area contributed by atoms with Gasteiger partial charge in [0.2, 0.25) is 6.41 Å². The van der Waals surface area contributed by atoms with Gasteiger partial charge in [0.15, 0.2) is 17.3 Å². The summed E-state index contributed by atoms with van der Waals surface area (Å²) in [5.41, 5.74) is 2.36. The first-order valence-electron chi connectivity index (χ1n) is 7.68. The van der Waals surface area contributed by atoms with E-state index >= 15 is 0 Å². The third kappa shape index (κ3) is 4.35. The highest BCUT2D eigenvalue weighted by atomic mass is 16.5. The number of benzene rings is 2. The second kappa shape index (κ2) is 8.72. The van der Waals surface area contributed by atoms with Crippen LogP contribution in [-0.4, -0.2) is 33.0 Å². The third-order valence-corrected chi connectivity index (χ3v) is 3.74. The number of rotatable bonds is 9. The molecule has 0 aromatic heterocycles. The van der Waals surface area contributed by atoms with Crippen molar-refractivity contribution in [3.8, 4) is 11.5 Å². The summed E-state index contributed by atoms with van der Waals surface area (Å²) in [5.74, 6) is 1.08. The van der Waals surface area contributed by atoms with Gasteiger partial charge in [0, 0.05) is 18.5 Å². The van der Waals surface area contributed by atoms with Gasteiger partial charge in [0.1, 0.15) is 0 Å². The summed E-state index contributed by atoms with van der Waals surface area (Å²) in [4.78, 5) is 23.2. The summed E-state index contributed by atoms with van der Waals surface area (Å²) in [5, 5.41) is 2.61. The van der Waals surface area contributed by atoms with E-state index in [0.29, 0.717) is 42.9 Å². The van der Waals surface area contributed by atoms with Gasteiger partial charge in [-0.3, -0.25) is 9.59 Å². The SMILES string of the molecule is COc1cc(CCNC=O)c(C(=O)Cc2ccccc2)cc1OC. The van der Waals surface area contributed by atoms with E-state index in [1.807, 2.05) is 30.3 Å². The van der Waals surface area contributed by atoms with Crippen LogP contribution in [0.1, 0.15) is 21.5 Å². The minimum absolute atomic E-state index is 0.00301. The molecule has 0 atom stereocenters. The fourth-order valence-electron chi connectivity index (χ4n) is 2.53. The number of carbonyl (C=O) groups excluding carboxylic acids is 2. The summed E-state index contributed by atoms with van der Waals surface area (Å²) < 4.78 is 10.6. The molecule has 2 aromatic carbocycles. The lowest BCUT2D eigenvalue weighted by molar-refractivity contribution is -0.109. The molecule has 0 bridgehead atoms. The Kier molecular flexibility index (Phi) is 6.37. The van der Waals surface area contributed by atoms with Gasteiger partial charge in [-0.2, -0.15) is 0 Å². The van der Waals surface area contributed by atoms with Crippen molar-refractivity contribution in [2.24, 2.45) is 0 Å². The molecular formula is C19H21NO4. The molecular weight excluding hydrogens is 306 g/mol. The Morgan fingerprint density at radius 1 is 1.08 bits per heavy atom. The lowest BCUT2D eigenvalue weighted by Crippen LogP contribution is -2.17. The van der Waals surface area contributed by atoms with Crippen LogP contribution in [0, 0.1) is 0 Å². The first-order chi connectivity index (χ1) is 11.7. The molecule has 2 rings (SSSR count). The average molecular weight is 327 g/mol. The molecule has 1 N–H and O–H groups in total. The van der Waals surface area contributed by atoms with Crippen molar-refractivity contribution in [2.45, 2.75) is 12.8 Å². The van der Waals surface area contributed by atoms with Crippen LogP contribution < -0.4 is 14.8 Å². The Balaban J connectivity index is 2.33. The van der Waals surface area contributed by atoms with Crippen LogP contribution in [0.2, 0.25) is 0 Å². The van der Waals surface area contributed by atoms with Crippen molar-refractivity contribution in [2.75, 3.05) is 20.8 Å². The number of Topliss-reactive ketones (excluding diaryl/α,β-unsaturated/α-hetero) is 1. The van der Waals surface area contributed by atoms with Gasteiger partial charge < -0.3 is 14.8 Å². The van der Waals surface area contributed by atoms with Crippen molar-refractivity contribution >= 4 is 12.2 Å². The molecule has 0 heterocycles. The van der Waals surface area contributed by atoms with E-state index in [-0.39, 0.29) is 5.78 Å². The molecule has 1 amide bonds. The van der Waals surface area contributed by atoms with Gasteiger partial charge >= 0.3 is 0 Å². The maximum Gasteiger partial charge on any atom is 0.207 e. The van der Waals surface area contributed by atoms with Crippen molar-refractivity contribution in [3.05, 3.63) is 59.2 Å². The summed E-state index contributed by atoms with van der Waals surface area (Å²) in [6.45, 7) is 0.449. The number of nitrogens with one attached hydrogen (secondary N) is 1. The molecule has 0 aliphatic rings. The van der Waals surface area contributed by atoms with Crippen molar-refractivity contribution < 1.29 is 19.1 Å². The molecule has 0 fully saturated rings. The highest BCUT2D eigenvalue weighted by Crippen LogP contribution is 2.31. The zero-order valence-electron chi connectivity index (χ0n) is 13.9. The van der Waals surface area contributed by atoms with Crippen LogP contribution in [-0.2, 0) is 17.6 Å². The summed E-state index contributed by atoms with van der Waals surface area (Å²) in [6.07, 6.45) is 1.49. The number of amides is 1. The maximum atomic E-state index is 12.7. The smallest absolute Gasteiger partial charge is 0.207 e. The molecule has 5 nitrogen and oxygen atoms in total. The lowest BCUT2D eigenvalue weighted by atomic mass is 9.96. The topological polar surface area (TPSA) is 64.6 Å². The second-order valence-electron chi connectivity index (χ2n) is 5.27. The van der Waals surface area contributed by atoms with Crippen molar-refractivity contribution in [3.63, 3.8) is 0 Å². The van der Waals surface area contributed by atoms with E-state index in [2.05, 4.69) is 5.32 Å². The van der Waals surface area contributed by atoms with E-state index in [1.54, 1.807) is 19.2 Å². The average Bonchev–Trinajstić information content (AvgIpc) is 2.62. The van der Waals surface area contributed by atoms with Gasteiger partial charge in [-0.15, -0.1) is 0 Å². The largest absolute Gasteiger partial charge is 0.493 e. The normalized spacial score (nSPS) is 10.1. The van der Waals surface area contributed by atoms with E-state index in [0.717, 1.165) is 11.1 Å². The number of methoxy groups -OCH3 is 2. The zero-order valence-corrected chi connectivity index (χ0v) is 13.9. The first kappa shape index (κ1) is 17.5. The Morgan fingerprint density at radius 3 is 2.38 bits per heavy atom. The zero-order chi connectivity index (χ0) is 17.4. The summed E-state index contributed by atoms with van der Waals surface area (Å²) in [6, 6.07) is 13.1. The molecule has 2 aromatic rings. The second-order valence-corrected chi connectivity index (χ2v) is 5.27. The molecule has 126 valence electrons. The van der Waals surface area contributed by atoms with Crippen LogP contribution in [0.5, 0.6) is 11.5 Å². The van der Waals surface area contributed by atoms with Crippen LogP contribution in [0.25, 0.3) is 0 Å². The fourth-order valence-corrected chi connectivity index (χ4v) is 2.53. The predicted octanol–water partition coefficient (Wildman–Crippen LogP) is 2.42. The van der Waals surface area contributed by atoms with Gasteiger partial charge in [0.05, 0.1) is 14.2 Å². The predicted molar refractivity (Wildman–Crippen MR) is 91.8 cm³/mol. The molecule has 0 radical (unpaired) electrons. The van der Waals surface area contributed by atoms with Crippen LogP contribution in [0.3, 0.4) is 0 Å². The Labute approximate surface area is 141 Å². The van der Waals surface area contributed by atoms with Gasteiger partial charge in [-0.1, -0.05) is 30.3 Å². The van der Waals surface area contributed by atoms with E-state index in [1.165, 1.54) is 7.11 Å². The highest BCUT2D eigenvalue weighted by Gasteiger charge is 2.17. The standard InChI is InChI=1S/C19H21NO4/c1-23-18-11-15(8-9-20-13-21)16(12-19(18)24-2)17(22)10-14-6-4-3-5-7-14/h3-7,11-13H,8-10H2,1-2H3,(H,20,21). The van der Waals surface area contributed by atoms with Crippen LogP contribution in [0.15, 0.2) is 42.5 Å². The highest BCUT2D eigenvalue weighted by molar-refractivity contribution is 5.99. The monoisotopic (exact) mass is 327 g/mol. The van der Waals surface area contributed by atoms with E-state index in [4.69, 9.17) is 9.47 Å². The lowest BCUT2D eigenvalue weighted by Gasteiger charge is -2.14. The molecule has 0 unspecified atom stereocenters. The number of hydrogen-bond donors (Lipinski definition) is 1. The van der Waals surface area contributed by atoms with Gasteiger partial charge in [-0.05, 0) is 29.7 Å².